The second-order valence-electron chi connectivity index (χ2n) is 41.2. The summed E-state index contributed by atoms with van der Waals surface area (Å²) in [4.78, 5) is 67.4. The van der Waals surface area contributed by atoms with Gasteiger partial charge in [-0.05, 0) is 388 Å². The number of amides is 4. The first-order valence-electron chi connectivity index (χ1n) is 48.6. The summed E-state index contributed by atoms with van der Waals surface area (Å²) in [6.07, 6.45) is 28.7. The van der Waals surface area contributed by atoms with Gasteiger partial charge in [0.25, 0.3) is 17.7 Å². The molecule has 4 unspecified atom stereocenters. The first kappa shape index (κ1) is 107. The summed E-state index contributed by atoms with van der Waals surface area (Å²) in [5, 5.41) is 15.2. The third kappa shape index (κ3) is 29.8. The number of carboxylic acids is 1. The van der Waals surface area contributed by atoms with Crippen LogP contribution in [0.3, 0.4) is 0 Å². The van der Waals surface area contributed by atoms with Crippen molar-refractivity contribution in [3.8, 4) is 0 Å². The molecule has 6 spiro atoms. The van der Waals surface area contributed by atoms with E-state index in [1.807, 2.05) is 40.4 Å². The Bertz CT molecular complexity index is 4830. The molecule has 4 amide bonds. The van der Waals surface area contributed by atoms with Crippen molar-refractivity contribution in [1.29, 1.82) is 0 Å². The minimum atomic E-state index is -4.67. The van der Waals surface area contributed by atoms with Gasteiger partial charge in [-0.2, -0.15) is 16.8 Å². The molecule has 7 N–H and O–H groups in total. The van der Waals surface area contributed by atoms with E-state index in [0.29, 0.717) is 69.2 Å². The number of rotatable bonds is 10. The summed E-state index contributed by atoms with van der Waals surface area (Å²) in [5.74, 6) is 4.29. The molecule has 16 fully saturated rings. The van der Waals surface area contributed by atoms with E-state index in [4.69, 9.17) is 63.8 Å². The maximum Gasteiger partial charge on any atom is 0.410 e. The van der Waals surface area contributed by atoms with Crippen molar-refractivity contribution < 1.29 is 87.8 Å². The molecule has 22 rings (SSSR count). The fourth-order valence-electron chi connectivity index (χ4n) is 22.9. The molecule has 6 aromatic carbocycles. The lowest BCUT2D eigenvalue weighted by molar-refractivity contribution is -0.147. The molecule has 744 valence electrons. The molecule has 33 heteroatoms. The van der Waals surface area contributed by atoms with Crippen molar-refractivity contribution >= 4 is 146 Å². The Morgan fingerprint density at radius 2 is 0.507 bits per heavy atom. The van der Waals surface area contributed by atoms with Crippen LogP contribution in [0.5, 0.6) is 0 Å². The molecular formula is C103H134Br6N6O19S2. The number of hydrogen-bond donors (Lipinski definition) is 7. The van der Waals surface area contributed by atoms with Crippen LogP contribution in [-0.4, -0.2) is 225 Å². The van der Waals surface area contributed by atoms with Gasteiger partial charge in [0.2, 0.25) is 0 Å². The van der Waals surface area contributed by atoms with Gasteiger partial charge in [-0.3, -0.25) is 32.6 Å². The van der Waals surface area contributed by atoms with Gasteiger partial charge >= 0.3 is 32.9 Å². The highest BCUT2D eigenvalue weighted by molar-refractivity contribution is 9.11. The third-order valence-corrected chi connectivity index (χ3v) is 34.6. The van der Waals surface area contributed by atoms with E-state index < -0.39 is 38.5 Å². The van der Waals surface area contributed by atoms with Crippen molar-refractivity contribution in [3.05, 3.63) is 206 Å². The van der Waals surface area contributed by atoms with Crippen LogP contribution in [-0.2, 0) is 63.7 Å². The molecule has 0 radical (unpaired) electrons. The summed E-state index contributed by atoms with van der Waals surface area (Å²) in [7, 11) is -9.33. The Labute approximate surface area is 853 Å². The zero-order chi connectivity index (χ0) is 97.0. The van der Waals surface area contributed by atoms with Gasteiger partial charge in [0, 0.05) is 106 Å². The highest BCUT2D eigenvalue weighted by atomic mass is 79.9. The smallest absolute Gasteiger partial charge is 0.410 e. The number of nitrogens with zero attached hydrogens (tertiary/aromatic N) is 4. The molecule has 10 heterocycles. The van der Waals surface area contributed by atoms with Gasteiger partial charge in [-0.25, -0.2) is 9.59 Å². The third-order valence-electron chi connectivity index (χ3n) is 31.4. The zero-order valence-corrected chi connectivity index (χ0v) is 89.3. The summed E-state index contributed by atoms with van der Waals surface area (Å²) in [6, 6.07) is 52.8. The van der Waals surface area contributed by atoms with Gasteiger partial charge < -0.3 is 59.0 Å². The van der Waals surface area contributed by atoms with Crippen molar-refractivity contribution in [3.63, 3.8) is 0 Å². The van der Waals surface area contributed by atoms with Crippen LogP contribution >= 0.6 is 95.6 Å². The first-order valence-corrected chi connectivity index (χ1v) is 56.2. The van der Waals surface area contributed by atoms with E-state index in [1.165, 1.54) is 122 Å². The number of piperidine rings is 6. The SMILES string of the molecule is Brc1ccc(C2CC23CCNCC3)cc1.Brc1ccc(C2CC23CCNCC3)cc1.CC(C)(C)OC(=O)N1CCC2(CC1)CC2c1ccc(Br)cc1.O=C(O)[C@H]1CCCO1.O=C([C@H]1CCCO1)N1CCC2(CC1)CC2c1ccc(Br)cc1.O=C([C@H]1CCCO1)N1CCC2(CC1)C[C@@H]2c1ccc(Br)cc1.O=C([C@H]1CCCO1)N1CCC2(CC1)C[C@H]2c1ccc(Br)cc1.O=S(=O)(O)O.O=S(=O)(O)O. The summed E-state index contributed by atoms with van der Waals surface area (Å²) >= 11 is 21.0. The van der Waals surface area contributed by atoms with E-state index in [0.717, 1.165) is 198 Å². The highest BCUT2D eigenvalue weighted by Crippen LogP contribution is 2.70. The molecule has 136 heavy (non-hydrogen) atoms. The van der Waals surface area contributed by atoms with E-state index in [9.17, 15) is 24.0 Å². The van der Waals surface area contributed by atoms with E-state index in [-0.39, 0.29) is 42.1 Å². The monoisotopic (exact) mass is 2300 g/mol. The lowest BCUT2D eigenvalue weighted by Gasteiger charge is -2.34. The Balaban J connectivity index is 0.000000126. The number of aliphatic carboxylic acids is 1. The molecule has 25 nitrogen and oxygen atoms in total. The van der Waals surface area contributed by atoms with Crippen LogP contribution in [0.25, 0.3) is 0 Å². The highest BCUT2D eigenvalue weighted by Gasteiger charge is 2.61. The molecule has 10 saturated heterocycles. The average Bonchev–Trinajstić information content (AvgIpc) is 1.59. The quantitative estimate of drug-likeness (QED) is 0.0626. The molecule has 16 aliphatic rings. The number of ether oxygens (including phenoxy) is 5. The summed E-state index contributed by atoms with van der Waals surface area (Å²) in [5.41, 5.74) is 11.6. The molecule has 0 aromatic heterocycles. The molecule has 10 atom stereocenters. The lowest BCUT2D eigenvalue weighted by Crippen LogP contribution is -2.44. The number of halogens is 6. The van der Waals surface area contributed by atoms with Crippen molar-refractivity contribution in [1.82, 2.24) is 30.2 Å². The van der Waals surface area contributed by atoms with Crippen molar-refractivity contribution in [2.24, 2.45) is 32.5 Å². The van der Waals surface area contributed by atoms with Gasteiger partial charge in [0.05, 0.1) is 0 Å². The van der Waals surface area contributed by atoms with Crippen molar-refractivity contribution in [2.45, 2.75) is 253 Å². The van der Waals surface area contributed by atoms with E-state index in [2.05, 4.69) is 252 Å². The maximum atomic E-state index is 12.4. The number of carbonyl (C=O) groups excluding carboxylic acids is 4. The number of nitrogens with one attached hydrogen (secondary N) is 2. The fraction of sp³-hybridized carbons (Fsp3) is 0.602. The Morgan fingerprint density at radius 3 is 0.676 bits per heavy atom. The predicted molar refractivity (Wildman–Crippen MR) is 544 cm³/mol. The fourth-order valence-corrected chi connectivity index (χ4v) is 24.5. The number of benzene rings is 6. The van der Waals surface area contributed by atoms with Crippen LogP contribution in [0.2, 0.25) is 0 Å². The molecule has 6 saturated carbocycles. The Kier molecular flexibility index (Phi) is 36.6. The number of likely N-dealkylation sites (tertiary alicyclic amines) is 4. The van der Waals surface area contributed by atoms with Gasteiger partial charge in [-0.15, -0.1) is 0 Å². The maximum absolute atomic E-state index is 12.4. The largest absolute Gasteiger partial charge is 0.479 e. The molecule has 6 aromatic rings. The van der Waals surface area contributed by atoms with Crippen molar-refractivity contribution in [2.75, 3.05) is 105 Å². The van der Waals surface area contributed by atoms with Crippen LogP contribution in [0.1, 0.15) is 257 Å². The normalized spacial score (nSPS) is 26.9. The number of hydrogen-bond acceptors (Lipinski definition) is 16. The minimum absolute atomic E-state index is 0.157. The van der Waals surface area contributed by atoms with Gasteiger partial charge in [0.1, 0.15) is 23.9 Å². The average molecular weight is 2300 g/mol. The topological polar surface area (TPSA) is 338 Å². The van der Waals surface area contributed by atoms with Crippen LogP contribution in [0.4, 0.5) is 4.79 Å². The molecular weight excluding hydrogens is 2170 g/mol. The second-order valence-corrected chi connectivity index (χ2v) is 48.5. The van der Waals surface area contributed by atoms with Crippen LogP contribution in [0.15, 0.2) is 172 Å². The summed E-state index contributed by atoms with van der Waals surface area (Å²) < 4.78 is 97.0. The molecule has 10 aliphatic heterocycles. The van der Waals surface area contributed by atoms with Crippen LogP contribution < -0.4 is 10.6 Å². The van der Waals surface area contributed by atoms with Gasteiger partial charge in [0.15, 0.2) is 6.10 Å². The Hall–Kier alpha value is -5.15. The van der Waals surface area contributed by atoms with Crippen LogP contribution in [0, 0.1) is 32.5 Å². The zero-order valence-electron chi connectivity index (χ0n) is 78.2. The number of carboxylic acid groups (broad SMARTS) is 1. The van der Waals surface area contributed by atoms with E-state index >= 15 is 0 Å². The standard InChI is InChI=1S/3C18H22BrNO2.C18H24BrNO2.2C13H16BrN.C5H8O3.2H2O4S/c3*19-14-5-3-13(4-6-14)15-12-18(15)7-9-20(10-8-18)17(21)16-2-1-11-22-16;1-17(2,3)22-16(21)20-10-8-18(9-11-20)12-15(18)13-4-6-14(19)7-5-13;2*14-11-3-1-10(2-4-11)12-9-13(12)5-7-15-8-6-13;6-5(7)4-2-1-3-8-4;2*1-5(2,3)4/h3*3-6,15-16H,1-2,7-12H2;4-7,15H,8-12H2,1-3H3;2*1-4,12,15H,5-9H2;4H,1-3H2,(H,6,7);2*(H2,1,2,3,4)/t15?,16-;15-,16+;15-,16-;;;;4-;;/m101...1../s1. The second kappa shape index (κ2) is 46.7. The molecule has 0 bridgehead atoms. The van der Waals surface area contributed by atoms with Gasteiger partial charge in [-0.1, -0.05) is 168 Å². The number of carbonyl (C=O) groups is 5. The molecule has 6 aliphatic carbocycles. The Morgan fingerprint density at radius 1 is 0.324 bits per heavy atom. The first-order chi connectivity index (χ1) is 64.7. The summed E-state index contributed by atoms with van der Waals surface area (Å²) in [6.45, 7) is 20.6. The lowest BCUT2D eigenvalue weighted by atomic mass is 9.88. The van der Waals surface area contributed by atoms with E-state index in [1.54, 1.807) is 11.1 Å². The predicted octanol–water partition coefficient (Wildman–Crippen LogP) is 21.7. The minimum Gasteiger partial charge on any atom is -0.479 e.